The van der Waals surface area contributed by atoms with E-state index in [0.29, 0.717) is 0 Å². The van der Waals surface area contributed by atoms with Crippen molar-refractivity contribution in [2.75, 3.05) is 0 Å². The Balaban J connectivity index is 0. The molecule has 0 bridgehead atoms. The van der Waals surface area contributed by atoms with Gasteiger partial charge in [0.25, 0.3) is 0 Å². The summed E-state index contributed by atoms with van der Waals surface area (Å²) in [5.41, 5.74) is 0. The molecule has 0 aliphatic rings. The zero-order valence-electron chi connectivity index (χ0n) is 3.52. The molecule has 0 aliphatic heterocycles. The minimum absolute atomic E-state index is 0. The van der Waals surface area contributed by atoms with Crippen molar-refractivity contribution in [3.63, 3.8) is 0 Å². The first-order valence-corrected chi connectivity index (χ1v) is 0. The van der Waals surface area contributed by atoms with Gasteiger partial charge in [-0.1, -0.05) is 0 Å². The molecule has 0 rings (SSSR count). The third kappa shape index (κ3) is 8.95. The monoisotopic (exact) mass is 252 g/mol. The Morgan fingerprint density at radius 2 is 1.00 bits per heavy atom. The molecule has 4 heavy (non-hydrogen) atoms. The van der Waals surface area contributed by atoms with Crippen LogP contribution < -0.4 is 0 Å². The van der Waals surface area contributed by atoms with Gasteiger partial charge in [-0.3, -0.25) is 9.41 Å². The van der Waals surface area contributed by atoms with Gasteiger partial charge in [0.15, 0.2) is 0 Å². The molecule has 0 saturated heterocycles. The standard InChI is InChI=1S/Ba.2FH.Ga.5H/h;2*1H;;;;;;/q+2;;;;;;;2*-1. The number of hydrogen-bond donors (Lipinski definition) is 0. The predicted molar refractivity (Wildman–Crippen MR) is 22.9 cm³/mol. The molecule has 0 heterocycles. The van der Waals surface area contributed by atoms with Crippen LogP contribution in [0.25, 0.3) is 0 Å². The van der Waals surface area contributed by atoms with Gasteiger partial charge in [0.05, 0.1) is 0 Å². The summed E-state index contributed by atoms with van der Waals surface area (Å²) >= 11 is 0. The first kappa shape index (κ1) is 36.4. The van der Waals surface area contributed by atoms with Crippen molar-refractivity contribution in [3.8, 4) is 0 Å². The summed E-state index contributed by atoms with van der Waals surface area (Å²) in [6, 6.07) is 0. The van der Waals surface area contributed by atoms with Gasteiger partial charge < -0.3 is 2.85 Å². The fourth-order valence-corrected chi connectivity index (χ4v) is 0. The summed E-state index contributed by atoms with van der Waals surface area (Å²) in [6.07, 6.45) is 0. The largest absolute Gasteiger partial charge is 1.00 e. The maximum Gasteiger partial charge on any atom is -1.00 e. The zero-order valence-corrected chi connectivity index (χ0v) is 5.96. The number of rotatable bonds is 0. The Labute approximate surface area is 79.6 Å². The van der Waals surface area contributed by atoms with E-state index in [1.807, 2.05) is 0 Å². The molecule has 0 spiro atoms. The van der Waals surface area contributed by atoms with Crippen molar-refractivity contribution in [1.82, 2.24) is 0 Å². The van der Waals surface area contributed by atoms with Crippen molar-refractivity contribution in [3.05, 3.63) is 0 Å². The fraction of sp³-hybridized carbons (Fsp3) is 0. The normalized spacial score (nSPS) is 0. The predicted octanol–water partition coefficient (Wildman–Crippen LogP) is -1.03. The van der Waals surface area contributed by atoms with E-state index in [0.717, 1.165) is 0 Å². The number of halogens is 2. The molecular weight excluding hydrogens is 245 g/mol. The van der Waals surface area contributed by atoms with Crippen LogP contribution in [-0.4, -0.2) is 68.7 Å². The van der Waals surface area contributed by atoms with E-state index in [9.17, 15) is 0 Å². The van der Waals surface area contributed by atoms with Crippen LogP contribution in [0.1, 0.15) is 2.85 Å². The summed E-state index contributed by atoms with van der Waals surface area (Å²) < 4.78 is 0. The van der Waals surface area contributed by atoms with Crippen molar-refractivity contribution < 1.29 is 12.3 Å². The van der Waals surface area contributed by atoms with Gasteiger partial charge in [0.2, 0.25) is 0 Å². The minimum Gasteiger partial charge on any atom is -1.00 e. The molecule has 0 N–H and O–H groups in total. The molecule has 0 saturated carbocycles. The van der Waals surface area contributed by atoms with E-state index in [1.165, 1.54) is 0 Å². The van der Waals surface area contributed by atoms with Crippen LogP contribution in [0.4, 0.5) is 9.41 Å². The molecule has 0 aromatic carbocycles. The van der Waals surface area contributed by atoms with Crippen molar-refractivity contribution in [2.45, 2.75) is 0 Å². The average Bonchev–Trinajstić information content (AvgIpc) is 0. The Hall–Kier alpha value is 2.07. The summed E-state index contributed by atoms with van der Waals surface area (Å²) in [6.45, 7) is 0. The molecule has 4 heteroatoms. The molecule has 0 unspecified atom stereocenters. The second-order valence-electron chi connectivity index (χ2n) is 0. The van der Waals surface area contributed by atoms with Crippen molar-refractivity contribution in [1.29, 1.82) is 0 Å². The van der Waals surface area contributed by atoms with E-state index in [2.05, 4.69) is 0 Å². The number of hydrogen-bond acceptors (Lipinski definition) is 0. The molecular formula is H7BaF2Ga. The molecule has 0 nitrogen and oxygen atoms in total. The van der Waals surface area contributed by atoms with E-state index >= 15 is 0 Å². The Morgan fingerprint density at radius 1 is 1.00 bits per heavy atom. The van der Waals surface area contributed by atoms with Crippen molar-refractivity contribution >= 4 is 68.7 Å². The molecule has 0 atom stereocenters. The van der Waals surface area contributed by atoms with Gasteiger partial charge in [0.1, 0.15) is 0 Å². The molecule has 0 fully saturated rings. The van der Waals surface area contributed by atoms with Crippen molar-refractivity contribution in [2.24, 2.45) is 0 Å². The quantitative estimate of drug-likeness (QED) is 0.483. The summed E-state index contributed by atoms with van der Waals surface area (Å²) in [7, 11) is 0. The topological polar surface area (TPSA) is 0 Å². The van der Waals surface area contributed by atoms with Gasteiger partial charge in [-0.25, -0.2) is 0 Å². The van der Waals surface area contributed by atoms with E-state index in [1.54, 1.807) is 0 Å². The van der Waals surface area contributed by atoms with Gasteiger partial charge in [-0.15, -0.1) is 0 Å². The van der Waals surface area contributed by atoms with Gasteiger partial charge in [-0.2, -0.15) is 0 Å². The van der Waals surface area contributed by atoms with Crippen LogP contribution >= 0.6 is 0 Å². The first-order valence-electron chi connectivity index (χ1n) is 0. The van der Waals surface area contributed by atoms with Crippen LogP contribution in [0, 0.1) is 0 Å². The Morgan fingerprint density at radius 3 is 1.00 bits per heavy atom. The molecule has 0 radical (unpaired) electrons. The van der Waals surface area contributed by atoms with E-state index in [4.69, 9.17) is 0 Å². The maximum absolute atomic E-state index is 0. The van der Waals surface area contributed by atoms with E-state index < -0.39 is 0 Å². The van der Waals surface area contributed by atoms with Gasteiger partial charge >= 0.3 is 68.7 Å². The van der Waals surface area contributed by atoms with Crippen LogP contribution in [0.5, 0.6) is 0 Å². The Bertz CT molecular complexity index is 11.5. The molecule has 0 aromatic rings. The second kappa shape index (κ2) is 19.6. The van der Waals surface area contributed by atoms with Gasteiger partial charge in [-0.05, 0) is 0 Å². The van der Waals surface area contributed by atoms with E-state index in [-0.39, 0.29) is 80.9 Å². The summed E-state index contributed by atoms with van der Waals surface area (Å²) in [5.74, 6) is 0. The zero-order chi connectivity index (χ0) is 0. The molecule has 0 aliphatic carbocycles. The smallest absolute Gasteiger partial charge is 1.00 e. The van der Waals surface area contributed by atoms with Crippen LogP contribution in [0.3, 0.4) is 0 Å². The minimum atomic E-state index is 0. The van der Waals surface area contributed by atoms with Crippen LogP contribution in [0.2, 0.25) is 0 Å². The fourth-order valence-electron chi connectivity index (χ4n) is 0. The third-order valence-electron chi connectivity index (χ3n) is 0. The second-order valence-corrected chi connectivity index (χ2v) is 0. The van der Waals surface area contributed by atoms with Crippen LogP contribution in [-0.2, 0) is 0 Å². The third-order valence-corrected chi connectivity index (χ3v) is 0. The summed E-state index contributed by atoms with van der Waals surface area (Å²) in [5, 5.41) is 0. The Kier molecular flexibility index (Phi) is 179. The first-order chi connectivity index (χ1) is 0. The maximum atomic E-state index is 0. The molecule has 26 valence electrons. The van der Waals surface area contributed by atoms with Gasteiger partial charge in [0, 0.05) is 0 Å². The average molecular weight is 252 g/mol. The molecule has 0 amide bonds. The summed E-state index contributed by atoms with van der Waals surface area (Å²) in [4.78, 5) is 0. The van der Waals surface area contributed by atoms with Crippen LogP contribution in [0.15, 0.2) is 0 Å². The SMILES string of the molecule is F.F.[Ba+2].[GaH3].[H-].[H-]. The molecule has 0 aromatic heterocycles.